The monoisotopic (exact) mass is 207 g/mol. The molecule has 0 N–H and O–H groups in total. The van der Waals surface area contributed by atoms with Crippen LogP contribution in [0.15, 0.2) is 35.5 Å². The molecule has 0 saturated carbocycles. The lowest BCUT2D eigenvalue weighted by Gasteiger charge is -2.10. The van der Waals surface area contributed by atoms with Crippen molar-refractivity contribution in [2.24, 2.45) is 0 Å². The van der Waals surface area contributed by atoms with E-state index in [9.17, 15) is 4.79 Å². The van der Waals surface area contributed by atoms with Crippen molar-refractivity contribution >= 4 is 5.91 Å². The highest BCUT2D eigenvalue weighted by atomic mass is 16.2. The topological polar surface area (TPSA) is 20.3 Å². The maximum atomic E-state index is 11.8. The van der Waals surface area contributed by atoms with Crippen LogP contribution >= 0.6 is 0 Å². The van der Waals surface area contributed by atoms with Gasteiger partial charge in [-0.05, 0) is 26.3 Å². The summed E-state index contributed by atoms with van der Waals surface area (Å²) in [7, 11) is 3.52. The summed E-state index contributed by atoms with van der Waals surface area (Å²) in [4.78, 5) is 13.3. The summed E-state index contributed by atoms with van der Waals surface area (Å²) in [5, 5.41) is 0. The fourth-order valence-electron chi connectivity index (χ4n) is 1.06. The molecule has 0 fully saturated rings. The largest absolute Gasteiger partial charge is 0.345 e. The zero-order valence-corrected chi connectivity index (χ0v) is 10.4. The van der Waals surface area contributed by atoms with Crippen molar-refractivity contribution in [3.8, 4) is 0 Å². The van der Waals surface area contributed by atoms with E-state index in [4.69, 9.17) is 0 Å². The van der Waals surface area contributed by atoms with E-state index < -0.39 is 0 Å². The summed E-state index contributed by atoms with van der Waals surface area (Å²) in [6.45, 7) is 6.04. The molecule has 2 heteroatoms. The first kappa shape index (κ1) is 13.7. The summed E-state index contributed by atoms with van der Waals surface area (Å²) in [6.07, 6.45) is 8.70. The van der Waals surface area contributed by atoms with Crippen LogP contribution in [-0.2, 0) is 4.79 Å². The highest BCUT2D eigenvalue weighted by molar-refractivity contribution is 5.96. The lowest BCUT2D eigenvalue weighted by molar-refractivity contribution is -0.124. The van der Waals surface area contributed by atoms with Crippen LogP contribution in [0.2, 0.25) is 0 Å². The third-order valence-electron chi connectivity index (χ3n) is 1.74. The number of allylic oxidation sites excluding steroid dienone is 4. The van der Waals surface area contributed by atoms with Gasteiger partial charge in [-0.25, -0.2) is 0 Å². The lowest BCUT2D eigenvalue weighted by Crippen LogP contribution is -2.22. The number of nitrogens with zero attached hydrogens (tertiary/aromatic N) is 1. The molecule has 2 nitrogen and oxygen atoms in total. The molecule has 0 atom stereocenters. The Labute approximate surface area is 93.0 Å². The van der Waals surface area contributed by atoms with Gasteiger partial charge in [0.15, 0.2) is 0 Å². The number of amides is 1. The van der Waals surface area contributed by atoms with Gasteiger partial charge in [-0.2, -0.15) is 0 Å². The van der Waals surface area contributed by atoms with Gasteiger partial charge in [0.25, 0.3) is 5.91 Å². The average Bonchev–Trinajstić information content (AvgIpc) is 2.14. The Morgan fingerprint density at radius 3 is 2.27 bits per heavy atom. The van der Waals surface area contributed by atoms with Crippen molar-refractivity contribution in [2.45, 2.75) is 27.2 Å². The van der Waals surface area contributed by atoms with Crippen LogP contribution < -0.4 is 0 Å². The van der Waals surface area contributed by atoms with Gasteiger partial charge in [0, 0.05) is 19.7 Å². The molecule has 0 aliphatic heterocycles. The molecule has 0 aliphatic carbocycles. The zero-order valence-electron chi connectivity index (χ0n) is 10.4. The average molecular weight is 207 g/mol. The maximum absolute atomic E-state index is 11.8. The molecular formula is C13H21NO. The molecule has 0 aromatic rings. The Kier molecular flexibility index (Phi) is 6.43. The molecular weight excluding hydrogens is 186 g/mol. The summed E-state index contributed by atoms with van der Waals surface area (Å²) < 4.78 is 0. The molecule has 0 radical (unpaired) electrons. The Morgan fingerprint density at radius 1 is 1.27 bits per heavy atom. The normalized spacial score (nSPS) is 11.7. The van der Waals surface area contributed by atoms with E-state index >= 15 is 0 Å². The third kappa shape index (κ3) is 5.89. The molecule has 0 saturated heterocycles. The first-order valence-electron chi connectivity index (χ1n) is 5.22. The molecule has 0 heterocycles. The molecule has 0 aliphatic rings. The summed E-state index contributed by atoms with van der Waals surface area (Å²) in [6, 6.07) is 0. The van der Waals surface area contributed by atoms with Gasteiger partial charge in [0.2, 0.25) is 0 Å². The molecule has 0 aromatic carbocycles. The quantitative estimate of drug-likeness (QED) is 0.512. The van der Waals surface area contributed by atoms with E-state index in [0.29, 0.717) is 0 Å². The van der Waals surface area contributed by atoms with Crippen LogP contribution in [0.3, 0.4) is 0 Å². The molecule has 0 bridgehead atoms. The summed E-state index contributed by atoms with van der Waals surface area (Å²) in [5.41, 5.74) is 1.85. The van der Waals surface area contributed by atoms with Crippen molar-refractivity contribution < 1.29 is 4.79 Å². The Balaban J connectivity index is 4.89. The highest BCUT2D eigenvalue weighted by Crippen LogP contribution is 2.05. The minimum atomic E-state index is 0.0388. The van der Waals surface area contributed by atoms with Crippen LogP contribution in [0.4, 0.5) is 0 Å². The van der Waals surface area contributed by atoms with Crippen LogP contribution in [0, 0.1) is 0 Å². The second-order valence-electron chi connectivity index (χ2n) is 3.88. The van der Waals surface area contributed by atoms with E-state index in [2.05, 4.69) is 6.92 Å². The number of rotatable bonds is 4. The first-order valence-corrected chi connectivity index (χ1v) is 5.22. The van der Waals surface area contributed by atoms with Crippen LogP contribution in [0.5, 0.6) is 0 Å². The van der Waals surface area contributed by atoms with E-state index in [0.717, 1.165) is 17.6 Å². The minimum Gasteiger partial charge on any atom is -0.345 e. The Hall–Kier alpha value is -1.31. The van der Waals surface area contributed by atoms with E-state index in [-0.39, 0.29) is 5.91 Å². The Morgan fingerprint density at radius 2 is 1.87 bits per heavy atom. The molecule has 0 aromatic heterocycles. The number of carbonyl (C=O) groups is 1. The van der Waals surface area contributed by atoms with E-state index in [1.165, 1.54) is 0 Å². The summed E-state index contributed by atoms with van der Waals surface area (Å²) in [5.74, 6) is 0.0388. The predicted octanol–water partition coefficient (Wildman–Crippen LogP) is 2.93. The Bertz CT molecular complexity index is 292. The lowest BCUT2D eigenvalue weighted by atomic mass is 10.1. The SMILES string of the molecule is CC/C=C/C=C(\C=C(C)C)C(=O)N(C)C. The van der Waals surface area contributed by atoms with Crippen LogP contribution in [0.25, 0.3) is 0 Å². The first-order chi connectivity index (χ1) is 6.99. The van der Waals surface area contributed by atoms with Gasteiger partial charge in [0.05, 0.1) is 0 Å². The minimum absolute atomic E-state index is 0.0388. The van der Waals surface area contributed by atoms with Gasteiger partial charge in [0.1, 0.15) is 0 Å². The van der Waals surface area contributed by atoms with E-state index in [1.807, 2.05) is 38.2 Å². The van der Waals surface area contributed by atoms with E-state index in [1.54, 1.807) is 19.0 Å². The maximum Gasteiger partial charge on any atom is 0.253 e. The zero-order chi connectivity index (χ0) is 11.8. The molecule has 0 rings (SSSR count). The standard InChI is InChI=1S/C13H21NO/c1-6-7-8-9-12(10-11(2)3)13(15)14(4)5/h7-10H,6H2,1-5H3/b8-7+,12-9+. The highest BCUT2D eigenvalue weighted by Gasteiger charge is 2.07. The van der Waals surface area contributed by atoms with Gasteiger partial charge in [-0.3, -0.25) is 4.79 Å². The fourth-order valence-corrected chi connectivity index (χ4v) is 1.06. The second-order valence-corrected chi connectivity index (χ2v) is 3.88. The third-order valence-corrected chi connectivity index (χ3v) is 1.74. The van der Waals surface area contributed by atoms with Crippen molar-refractivity contribution in [1.82, 2.24) is 4.90 Å². The predicted molar refractivity (Wildman–Crippen MR) is 65.6 cm³/mol. The van der Waals surface area contributed by atoms with Crippen molar-refractivity contribution in [2.75, 3.05) is 14.1 Å². The fraction of sp³-hybridized carbons (Fsp3) is 0.462. The molecule has 15 heavy (non-hydrogen) atoms. The smallest absolute Gasteiger partial charge is 0.253 e. The van der Waals surface area contributed by atoms with Crippen molar-refractivity contribution in [1.29, 1.82) is 0 Å². The van der Waals surface area contributed by atoms with Crippen molar-refractivity contribution in [3.63, 3.8) is 0 Å². The second kappa shape index (κ2) is 7.04. The van der Waals surface area contributed by atoms with Gasteiger partial charge in [-0.1, -0.05) is 30.7 Å². The van der Waals surface area contributed by atoms with Crippen LogP contribution in [-0.4, -0.2) is 24.9 Å². The van der Waals surface area contributed by atoms with Crippen LogP contribution in [0.1, 0.15) is 27.2 Å². The molecule has 0 unspecified atom stereocenters. The number of carbonyl (C=O) groups excluding carboxylic acids is 1. The molecule has 1 amide bonds. The van der Waals surface area contributed by atoms with Crippen molar-refractivity contribution in [3.05, 3.63) is 35.5 Å². The summed E-state index contributed by atoms with van der Waals surface area (Å²) >= 11 is 0. The van der Waals surface area contributed by atoms with Gasteiger partial charge in [-0.15, -0.1) is 0 Å². The number of hydrogen-bond donors (Lipinski definition) is 0. The number of likely N-dealkylation sites (N-methyl/N-ethyl adjacent to an activating group) is 1. The number of hydrogen-bond acceptors (Lipinski definition) is 1. The van der Waals surface area contributed by atoms with Gasteiger partial charge >= 0.3 is 0 Å². The molecule has 0 spiro atoms. The van der Waals surface area contributed by atoms with Gasteiger partial charge < -0.3 is 4.90 Å². The molecule has 84 valence electrons.